The monoisotopic (exact) mass is 244 g/mol. The van der Waals surface area contributed by atoms with Crippen LogP contribution < -0.4 is 11.1 Å². The van der Waals surface area contributed by atoms with Gasteiger partial charge in [0.05, 0.1) is 18.3 Å². The van der Waals surface area contributed by atoms with Crippen molar-refractivity contribution in [3.63, 3.8) is 0 Å². The summed E-state index contributed by atoms with van der Waals surface area (Å²) in [6.45, 7) is 1.39. The van der Waals surface area contributed by atoms with Crippen LogP contribution in [0.4, 0.5) is 5.69 Å². The number of hydrogen-bond acceptors (Lipinski definition) is 3. The van der Waals surface area contributed by atoms with E-state index in [4.69, 9.17) is 5.73 Å². The molecule has 0 aliphatic carbocycles. The number of amides is 1. The van der Waals surface area contributed by atoms with Gasteiger partial charge in [-0.05, 0) is 24.3 Å². The summed E-state index contributed by atoms with van der Waals surface area (Å²) < 4.78 is 2.02. The fraction of sp³-hybridized carbons (Fsp3) is 0.231. The number of carbonyl (C=O) groups excluding carboxylic acids is 1. The molecule has 2 aromatic heterocycles. The molecule has 5 heteroatoms. The zero-order valence-electron chi connectivity index (χ0n) is 10.0. The number of aromatic nitrogens is 2. The number of rotatable bonds is 5. The van der Waals surface area contributed by atoms with Gasteiger partial charge in [0, 0.05) is 31.2 Å². The molecule has 0 bridgehead atoms. The molecule has 0 saturated heterocycles. The SMILES string of the molecule is Nc1ccc(CC(=O)NCCn2cccc2)nc1. The summed E-state index contributed by atoms with van der Waals surface area (Å²) in [6, 6.07) is 7.43. The molecule has 0 fully saturated rings. The predicted molar refractivity (Wildman–Crippen MR) is 69.8 cm³/mol. The van der Waals surface area contributed by atoms with Crippen LogP contribution in [0, 0.1) is 0 Å². The standard InChI is InChI=1S/C13H16N4O/c14-11-3-4-12(16-10-11)9-13(18)15-5-8-17-6-1-2-7-17/h1-4,6-7,10H,5,8-9,14H2,(H,15,18). The smallest absolute Gasteiger partial charge is 0.226 e. The van der Waals surface area contributed by atoms with E-state index < -0.39 is 0 Å². The van der Waals surface area contributed by atoms with Crippen molar-refractivity contribution in [2.45, 2.75) is 13.0 Å². The maximum atomic E-state index is 11.6. The van der Waals surface area contributed by atoms with Crippen molar-refractivity contribution in [1.29, 1.82) is 0 Å². The van der Waals surface area contributed by atoms with E-state index in [9.17, 15) is 4.79 Å². The molecule has 0 aliphatic rings. The fourth-order valence-electron chi connectivity index (χ4n) is 1.61. The molecule has 0 spiro atoms. The number of hydrogen-bond donors (Lipinski definition) is 2. The van der Waals surface area contributed by atoms with Gasteiger partial charge in [0.2, 0.25) is 5.91 Å². The third kappa shape index (κ3) is 3.62. The first kappa shape index (κ1) is 12.2. The maximum absolute atomic E-state index is 11.6. The van der Waals surface area contributed by atoms with Crippen LogP contribution in [0.25, 0.3) is 0 Å². The summed E-state index contributed by atoms with van der Waals surface area (Å²) in [4.78, 5) is 15.7. The van der Waals surface area contributed by atoms with Gasteiger partial charge in [-0.15, -0.1) is 0 Å². The van der Waals surface area contributed by atoms with Crippen LogP contribution >= 0.6 is 0 Å². The quantitative estimate of drug-likeness (QED) is 0.818. The molecule has 0 atom stereocenters. The van der Waals surface area contributed by atoms with Crippen LogP contribution in [0.2, 0.25) is 0 Å². The highest BCUT2D eigenvalue weighted by Crippen LogP contribution is 2.01. The molecule has 0 aromatic carbocycles. The number of pyridine rings is 1. The summed E-state index contributed by atoms with van der Waals surface area (Å²) in [5.41, 5.74) is 6.85. The maximum Gasteiger partial charge on any atom is 0.226 e. The Balaban J connectivity index is 1.73. The zero-order valence-corrected chi connectivity index (χ0v) is 10.0. The number of nitrogens with one attached hydrogen (secondary N) is 1. The minimum atomic E-state index is -0.0283. The largest absolute Gasteiger partial charge is 0.397 e. The second-order valence-corrected chi connectivity index (χ2v) is 4.03. The summed E-state index contributed by atoms with van der Waals surface area (Å²) >= 11 is 0. The van der Waals surface area contributed by atoms with Crippen LogP contribution in [0.5, 0.6) is 0 Å². The van der Waals surface area contributed by atoms with Gasteiger partial charge < -0.3 is 15.6 Å². The summed E-state index contributed by atoms with van der Waals surface area (Å²) in [5.74, 6) is -0.0283. The summed E-state index contributed by atoms with van der Waals surface area (Å²) in [7, 11) is 0. The van der Waals surface area contributed by atoms with Gasteiger partial charge in [0.15, 0.2) is 0 Å². The van der Waals surface area contributed by atoms with Gasteiger partial charge in [-0.25, -0.2) is 0 Å². The van der Waals surface area contributed by atoms with E-state index in [1.807, 2.05) is 29.1 Å². The molecule has 5 nitrogen and oxygen atoms in total. The van der Waals surface area contributed by atoms with Crippen LogP contribution in [0.3, 0.4) is 0 Å². The number of nitrogens with two attached hydrogens (primary N) is 1. The van der Waals surface area contributed by atoms with Crippen molar-refractivity contribution in [2.24, 2.45) is 0 Å². The fourth-order valence-corrected chi connectivity index (χ4v) is 1.61. The van der Waals surface area contributed by atoms with Crippen LogP contribution in [-0.2, 0) is 17.8 Å². The minimum Gasteiger partial charge on any atom is -0.397 e. The van der Waals surface area contributed by atoms with Crippen molar-refractivity contribution < 1.29 is 4.79 Å². The van der Waals surface area contributed by atoms with Gasteiger partial charge in [-0.2, -0.15) is 0 Å². The molecule has 0 saturated carbocycles. The molecule has 2 aromatic rings. The molecule has 0 aliphatic heterocycles. The Morgan fingerprint density at radius 2 is 2.11 bits per heavy atom. The lowest BCUT2D eigenvalue weighted by Crippen LogP contribution is -2.28. The molecule has 3 N–H and O–H groups in total. The first-order valence-corrected chi connectivity index (χ1v) is 5.82. The topological polar surface area (TPSA) is 72.9 Å². The van der Waals surface area contributed by atoms with Crippen molar-refractivity contribution >= 4 is 11.6 Å². The van der Waals surface area contributed by atoms with Crippen molar-refractivity contribution in [3.8, 4) is 0 Å². The van der Waals surface area contributed by atoms with Gasteiger partial charge in [-0.1, -0.05) is 0 Å². The molecule has 18 heavy (non-hydrogen) atoms. The summed E-state index contributed by atoms with van der Waals surface area (Å²) in [6.07, 6.45) is 5.77. The highest BCUT2D eigenvalue weighted by molar-refractivity contribution is 5.78. The first-order valence-electron chi connectivity index (χ1n) is 5.82. The Morgan fingerprint density at radius 3 is 2.78 bits per heavy atom. The number of anilines is 1. The lowest BCUT2D eigenvalue weighted by molar-refractivity contribution is -0.120. The summed E-state index contributed by atoms with van der Waals surface area (Å²) in [5, 5.41) is 2.85. The average molecular weight is 244 g/mol. The highest BCUT2D eigenvalue weighted by Gasteiger charge is 2.03. The normalized spacial score (nSPS) is 10.2. The Hall–Kier alpha value is -2.30. The molecule has 1 amide bonds. The van der Waals surface area contributed by atoms with Crippen molar-refractivity contribution in [3.05, 3.63) is 48.5 Å². The number of nitrogens with zero attached hydrogens (tertiary/aromatic N) is 2. The van der Waals surface area contributed by atoms with Gasteiger partial charge >= 0.3 is 0 Å². The molecule has 2 heterocycles. The van der Waals surface area contributed by atoms with Gasteiger partial charge in [0.25, 0.3) is 0 Å². The van der Waals surface area contributed by atoms with E-state index in [1.165, 1.54) is 0 Å². The average Bonchev–Trinajstić information content (AvgIpc) is 2.85. The Labute approximate surface area is 106 Å². The lowest BCUT2D eigenvalue weighted by Gasteiger charge is -2.06. The first-order chi connectivity index (χ1) is 8.74. The molecule has 94 valence electrons. The molecule has 0 unspecified atom stereocenters. The Kier molecular flexibility index (Phi) is 3.96. The molecule has 2 rings (SSSR count). The van der Waals surface area contributed by atoms with Crippen molar-refractivity contribution in [1.82, 2.24) is 14.9 Å². The van der Waals surface area contributed by atoms with E-state index in [0.717, 1.165) is 12.2 Å². The molecule has 0 radical (unpaired) electrons. The second-order valence-electron chi connectivity index (χ2n) is 4.03. The van der Waals surface area contributed by atoms with E-state index in [2.05, 4.69) is 10.3 Å². The lowest BCUT2D eigenvalue weighted by atomic mass is 10.2. The van der Waals surface area contributed by atoms with Crippen LogP contribution in [0.1, 0.15) is 5.69 Å². The van der Waals surface area contributed by atoms with E-state index in [1.54, 1.807) is 18.3 Å². The van der Waals surface area contributed by atoms with E-state index in [-0.39, 0.29) is 12.3 Å². The number of nitrogen functional groups attached to an aromatic ring is 1. The Morgan fingerprint density at radius 1 is 1.33 bits per heavy atom. The van der Waals surface area contributed by atoms with E-state index >= 15 is 0 Å². The van der Waals surface area contributed by atoms with E-state index in [0.29, 0.717) is 12.2 Å². The Bertz CT molecular complexity index is 490. The predicted octanol–water partition coefficient (Wildman–Crippen LogP) is 0.824. The molecular formula is C13H16N4O. The van der Waals surface area contributed by atoms with Crippen molar-refractivity contribution in [2.75, 3.05) is 12.3 Å². The van der Waals surface area contributed by atoms with Gasteiger partial charge in [0.1, 0.15) is 0 Å². The van der Waals surface area contributed by atoms with Crippen LogP contribution in [-0.4, -0.2) is 22.0 Å². The van der Waals surface area contributed by atoms with Gasteiger partial charge in [-0.3, -0.25) is 9.78 Å². The highest BCUT2D eigenvalue weighted by atomic mass is 16.1. The third-order valence-electron chi connectivity index (χ3n) is 2.55. The second kappa shape index (κ2) is 5.86. The minimum absolute atomic E-state index is 0.0283. The zero-order chi connectivity index (χ0) is 12.8. The molecular weight excluding hydrogens is 228 g/mol. The van der Waals surface area contributed by atoms with Crippen LogP contribution in [0.15, 0.2) is 42.9 Å². The number of carbonyl (C=O) groups is 1. The third-order valence-corrected chi connectivity index (χ3v) is 2.55.